The first-order chi connectivity index (χ1) is 15.9. The lowest BCUT2D eigenvalue weighted by Crippen LogP contribution is -2.47. The Morgan fingerprint density at radius 1 is 0.879 bits per heavy atom. The Kier molecular flexibility index (Phi) is 7.29. The molecule has 0 unspecified atom stereocenters. The number of benzene rings is 2. The monoisotopic (exact) mass is 470 g/mol. The van der Waals surface area contributed by atoms with Gasteiger partial charge < -0.3 is 15.5 Å². The highest BCUT2D eigenvalue weighted by Crippen LogP contribution is 2.22. The second kappa shape index (κ2) is 10.4. The molecule has 1 aliphatic carbocycles. The summed E-state index contributed by atoms with van der Waals surface area (Å²) in [7, 11) is -3.45. The molecule has 1 saturated carbocycles. The van der Waals surface area contributed by atoms with E-state index in [1.807, 2.05) is 30.3 Å². The molecule has 176 valence electrons. The first kappa shape index (κ1) is 23.3. The summed E-state index contributed by atoms with van der Waals surface area (Å²) in [6, 6.07) is 16.1. The number of urea groups is 1. The maximum Gasteiger partial charge on any atom is 0.321 e. The van der Waals surface area contributed by atoms with Crippen molar-refractivity contribution in [2.75, 3.05) is 18.4 Å². The molecule has 2 fully saturated rings. The summed E-state index contributed by atoms with van der Waals surface area (Å²) >= 11 is 0. The number of carbonyl (C=O) groups is 2. The molecule has 9 heteroatoms. The molecule has 0 atom stereocenters. The van der Waals surface area contributed by atoms with Crippen molar-refractivity contribution in [2.45, 2.75) is 55.5 Å². The van der Waals surface area contributed by atoms with Crippen LogP contribution in [-0.2, 0) is 21.2 Å². The largest absolute Gasteiger partial charge is 0.353 e. The van der Waals surface area contributed by atoms with E-state index in [1.165, 1.54) is 0 Å². The van der Waals surface area contributed by atoms with Gasteiger partial charge in [0.2, 0.25) is 15.9 Å². The number of piperidine rings is 1. The van der Waals surface area contributed by atoms with Gasteiger partial charge in [0.05, 0.1) is 4.90 Å². The number of hydrogen-bond donors (Lipinski definition) is 3. The molecule has 2 aromatic carbocycles. The summed E-state index contributed by atoms with van der Waals surface area (Å²) < 4.78 is 27.1. The van der Waals surface area contributed by atoms with E-state index in [9.17, 15) is 18.0 Å². The zero-order valence-electron chi connectivity index (χ0n) is 18.5. The number of amides is 3. The Morgan fingerprint density at radius 3 is 2.18 bits per heavy atom. The van der Waals surface area contributed by atoms with Gasteiger partial charge >= 0.3 is 6.03 Å². The van der Waals surface area contributed by atoms with Gasteiger partial charge in [0.1, 0.15) is 0 Å². The zero-order valence-corrected chi connectivity index (χ0v) is 19.3. The van der Waals surface area contributed by atoms with E-state index in [0.29, 0.717) is 38.8 Å². The van der Waals surface area contributed by atoms with Crippen LogP contribution >= 0.6 is 0 Å². The predicted octanol–water partition coefficient (Wildman–Crippen LogP) is 2.87. The number of likely N-dealkylation sites (tertiary alicyclic amines) is 1. The fourth-order valence-corrected chi connectivity index (χ4v) is 5.14. The van der Waals surface area contributed by atoms with Crippen LogP contribution in [-0.4, -0.2) is 50.4 Å². The highest BCUT2D eigenvalue weighted by molar-refractivity contribution is 7.89. The topological polar surface area (TPSA) is 108 Å². The molecule has 0 radical (unpaired) electrons. The molecule has 2 aromatic rings. The molecule has 33 heavy (non-hydrogen) atoms. The molecule has 2 aliphatic rings. The Balaban J connectivity index is 1.17. The highest BCUT2D eigenvalue weighted by Gasteiger charge is 2.28. The normalized spacial score (nSPS) is 16.9. The van der Waals surface area contributed by atoms with Crippen molar-refractivity contribution in [1.82, 2.24) is 14.9 Å². The minimum atomic E-state index is -3.45. The van der Waals surface area contributed by atoms with Crippen LogP contribution in [0.4, 0.5) is 10.5 Å². The van der Waals surface area contributed by atoms with Crippen LogP contribution in [0.25, 0.3) is 0 Å². The molecule has 1 saturated heterocycles. The molecule has 1 aliphatic heterocycles. The molecule has 4 rings (SSSR count). The van der Waals surface area contributed by atoms with Crippen molar-refractivity contribution in [1.29, 1.82) is 0 Å². The van der Waals surface area contributed by atoms with Gasteiger partial charge in [0.25, 0.3) is 0 Å². The third kappa shape index (κ3) is 6.79. The molecule has 3 amide bonds. The Hall–Kier alpha value is -2.91. The van der Waals surface area contributed by atoms with E-state index >= 15 is 0 Å². The highest BCUT2D eigenvalue weighted by atomic mass is 32.2. The second-order valence-electron chi connectivity index (χ2n) is 8.66. The number of hydrogen-bond acceptors (Lipinski definition) is 4. The van der Waals surface area contributed by atoms with Gasteiger partial charge in [-0.3, -0.25) is 4.79 Å². The standard InChI is InChI=1S/C24H30N4O4S/c29-23(13-8-18-6-11-22(12-7-18)33(31,32)27-21-9-10-21)25-20-14-16-28(17-15-20)24(30)26-19-4-2-1-3-5-19/h1-7,11-12,20-21,27H,8-10,13-17H2,(H,25,29)(H,26,30). The van der Waals surface area contributed by atoms with Crippen molar-refractivity contribution in [3.05, 3.63) is 60.2 Å². The van der Waals surface area contributed by atoms with E-state index in [1.54, 1.807) is 29.2 Å². The lowest BCUT2D eigenvalue weighted by molar-refractivity contribution is -0.122. The molecule has 0 aromatic heterocycles. The van der Waals surface area contributed by atoms with Crippen molar-refractivity contribution in [3.63, 3.8) is 0 Å². The number of anilines is 1. The molecule has 1 heterocycles. The molecule has 8 nitrogen and oxygen atoms in total. The van der Waals surface area contributed by atoms with E-state index < -0.39 is 10.0 Å². The third-order valence-corrected chi connectivity index (χ3v) is 7.48. The Labute approximate surface area is 194 Å². The number of rotatable bonds is 8. The van der Waals surface area contributed by atoms with Crippen molar-refractivity contribution < 1.29 is 18.0 Å². The molecular weight excluding hydrogens is 440 g/mol. The number of sulfonamides is 1. The van der Waals surface area contributed by atoms with Crippen molar-refractivity contribution >= 4 is 27.6 Å². The van der Waals surface area contributed by atoms with Crippen LogP contribution in [0.2, 0.25) is 0 Å². The minimum Gasteiger partial charge on any atom is -0.353 e. The van der Waals surface area contributed by atoms with Crippen molar-refractivity contribution in [3.8, 4) is 0 Å². The number of carbonyl (C=O) groups excluding carboxylic acids is 2. The zero-order chi connectivity index (χ0) is 23.3. The molecule has 3 N–H and O–H groups in total. The molecule has 0 bridgehead atoms. The van der Waals surface area contributed by atoms with Gasteiger partial charge in [-0.05, 0) is 61.9 Å². The minimum absolute atomic E-state index is 0.0331. The lowest BCUT2D eigenvalue weighted by atomic mass is 10.0. The number of aryl methyl sites for hydroxylation is 1. The Bertz CT molecular complexity index is 1060. The summed E-state index contributed by atoms with van der Waals surface area (Å²) in [6.45, 7) is 1.18. The first-order valence-electron chi connectivity index (χ1n) is 11.4. The third-order valence-electron chi connectivity index (χ3n) is 5.95. The van der Waals surface area contributed by atoms with Gasteiger partial charge in [-0.1, -0.05) is 30.3 Å². The number of nitrogens with one attached hydrogen (secondary N) is 3. The van der Waals surface area contributed by atoms with E-state index in [4.69, 9.17) is 0 Å². The Morgan fingerprint density at radius 2 is 1.55 bits per heavy atom. The number of nitrogens with zero attached hydrogens (tertiary/aromatic N) is 1. The summed E-state index contributed by atoms with van der Waals surface area (Å²) in [5, 5.41) is 5.95. The summed E-state index contributed by atoms with van der Waals surface area (Å²) in [4.78, 5) is 26.8. The average Bonchev–Trinajstić information content (AvgIpc) is 3.62. The smallest absolute Gasteiger partial charge is 0.321 e. The van der Waals surface area contributed by atoms with E-state index in [-0.39, 0.29) is 28.9 Å². The van der Waals surface area contributed by atoms with Crippen LogP contribution < -0.4 is 15.4 Å². The first-order valence-corrected chi connectivity index (χ1v) is 12.9. The van der Waals surface area contributed by atoms with Crippen LogP contribution in [0, 0.1) is 0 Å². The maximum atomic E-state index is 12.4. The molecular formula is C24H30N4O4S. The predicted molar refractivity (Wildman–Crippen MR) is 126 cm³/mol. The summed E-state index contributed by atoms with van der Waals surface area (Å²) in [6.07, 6.45) is 4.10. The summed E-state index contributed by atoms with van der Waals surface area (Å²) in [5.74, 6) is -0.0331. The fourth-order valence-electron chi connectivity index (χ4n) is 3.83. The average molecular weight is 471 g/mol. The summed E-state index contributed by atoms with van der Waals surface area (Å²) in [5.41, 5.74) is 1.69. The van der Waals surface area contributed by atoms with Crippen LogP contribution in [0.15, 0.2) is 59.5 Å². The van der Waals surface area contributed by atoms with Gasteiger partial charge in [-0.25, -0.2) is 17.9 Å². The van der Waals surface area contributed by atoms with Gasteiger partial charge in [-0.15, -0.1) is 0 Å². The van der Waals surface area contributed by atoms with Crippen LogP contribution in [0.5, 0.6) is 0 Å². The van der Waals surface area contributed by atoms with Gasteiger partial charge in [0, 0.05) is 37.3 Å². The van der Waals surface area contributed by atoms with Gasteiger partial charge in [0.15, 0.2) is 0 Å². The van der Waals surface area contributed by atoms with Crippen LogP contribution in [0.1, 0.15) is 37.7 Å². The lowest BCUT2D eigenvalue weighted by Gasteiger charge is -2.32. The van der Waals surface area contributed by atoms with E-state index in [2.05, 4.69) is 15.4 Å². The second-order valence-corrected chi connectivity index (χ2v) is 10.4. The van der Waals surface area contributed by atoms with Gasteiger partial charge in [-0.2, -0.15) is 0 Å². The van der Waals surface area contributed by atoms with Crippen LogP contribution in [0.3, 0.4) is 0 Å². The quantitative estimate of drug-likeness (QED) is 0.551. The SMILES string of the molecule is O=C(CCc1ccc(S(=O)(=O)NC2CC2)cc1)NC1CCN(C(=O)Nc2ccccc2)CC1. The fraction of sp³-hybridized carbons (Fsp3) is 0.417. The molecule has 0 spiro atoms. The number of para-hydroxylation sites is 1. The maximum absolute atomic E-state index is 12.4. The van der Waals surface area contributed by atoms with E-state index in [0.717, 1.165) is 24.1 Å². The van der Waals surface area contributed by atoms with Crippen molar-refractivity contribution in [2.24, 2.45) is 0 Å².